The molecular formula is C27H26ClN7O5S. The number of sulfone groups is 1. The van der Waals surface area contributed by atoms with Crippen molar-refractivity contribution in [2.24, 2.45) is 7.05 Å². The minimum atomic E-state index is -3.55. The summed E-state index contributed by atoms with van der Waals surface area (Å²) in [4.78, 5) is 38.0. The first-order chi connectivity index (χ1) is 19.4. The van der Waals surface area contributed by atoms with Gasteiger partial charge in [-0.25, -0.2) is 8.42 Å². The maximum absolute atomic E-state index is 13.4. The quantitative estimate of drug-likeness (QED) is 0.203. The summed E-state index contributed by atoms with van der Waals surface area (Å²) in [6.45, 7) is 1.45. The van der Waals surface area contributed by atoms with Crippen LogP contribution in [-0.2, 0) is 39.3 Å². The molecular weight excluding hydrogens is 570 g/mol. The molecule has 0 radical (unpaired) electrons. The molecule has 2 aromatic heterocycles. The Kier molecular flexibility index (Phi) is 8.89. The van der Waals surface area contributed by atoms with Crippen molar-refractivity contribution in [2.45, 2.75) is 30.8 Å². The number of hydrogen-bond donors (Lipinski definition) is 1. The van der Waals surface area contributed by atoms with E-state index >= 15 is 0 Å². The van der Waals surface area contributed by atoms with E-state index in [2.05, 4.69) is 25.9 Å². The normalized spacial score (nSPS) is 12.4. The Morgan fingerprint density at radius 3 is 2.44 bits per heavy atom. The van der Waals surface area contributed by atoms with Gasteiger partial charge in [0.1, 0.15) is 6.33 Å². The molecule has 41 heavy (non-hydrogen) atoms. The van der Waals surface area contributed by atoms with E-state index < -0.39 is 21.8 Å². The molecule has 0 spiro atoms. The Bertz CT molecular complexity index is 1730. The van der Waals surface area contributed by atoms with Crippen LogP contribution in [0.1, 0.15) is 34.1 Å². The van der Waals surface area contributed by atoms with Crippen LogP contribution < -0.4 is 5.32 Å². The highest BCUT2D eigenvalue weighted by atomic mass is 35.5. The zero-order valence-electron chi connectivity index (χ0n) is 22.4. The number of halogens is 1. The number of amides is 1. The fraction of sp³-hybridized carbons (Fsp3) is 0.222. The third-order valence-corrected chi connectivity index (χ3v) is 7.50. The average molecular weight is 596 g/mol. The molecule has 4 rings (SSSR count). The highest BCUT2D eigenvalue weighted by Gasteiger charge is 2.24. The van der Waals surface area contributed by atoms with Gasteiger partial charge in [-0.05, 0) is 53.3 Å². The standard InChI is InChI=1S/C27H26ClN7O5S/c1-17(36)19-6-4-18(5-7-19)12-25(37)23(14-22-15-27(34(2)31-22)41(3,39)40)30-26(38)11-8-20-13-21(28)9-10-24(20)35-16-29-32-33-35/h4-11,13,15-16,23H,12,14H2,1-3H3,(H,30,38)/b11-8+/t23-/m0/s1. The topological polar surface area (TPSA) is 159 Å². The third-order valence-electron chi connectivity index (χ3n) is 6.12. The van der Waals surface area contributed by atoms with Crippen LogP contribution in [0.5, 0.6) is 0 Å². The number of tetrazole rings is 1. The predicted octanol–water partition coefficient (Wildman–Crippen LogP) is 2.21. The molecule has 0 fully saturated rings. The van der Waals surface area contributed by atoms with Crippen molar-refractivity contribution in [3.05, 3.63) is 88.3 Å². The molecule has 0 bridgehead atoms. The summed E-state index contributed by atoms with van der Waals surface area (Å²) in [5, 5.41) is 18.5. The van der Waals surface area contributed by atoms with Crippen LogP contribution >= 0.6 is 11.6 Å². The van der Waals surface area contributed by atoms with Gasteiger partial charge in [0.25, 0.3) is 0 Å². The molecule has 1 atom stereocenters. The lowest BCUT2D eigenvalue weighted by Gasteiger charge is -2.16. The van der Waals surface area contributed by atoms with E-state index in [4.69, 9.17) is 11.6 Å². The van der Waals surface area contributed by atoms with Crippen molar-refractivity contribution in [1.29, 1.82) is 0 Å². The van der Waals surface area contributed by atoms with Crippen molar-refractivity contribution >= 4 is 45.0 Å². The van der Waals surface area contributed by atoms with Gasteiger partial charge in [-0.3, -0.25) is 19.1 Å². The van der Waals surface area contributed by atoms with Crippen LogP contribution in [0, 0.1) is 0 Å². The Morgan fingerprint density at radius 2 is 1.83 bits per heavy atom. The number of carbonyl (C=O) groups excluding carboxylic acids is 3. The van der Waals surface area contributed by atoms with Crippen molar-refractivity contribution < 1.29 is 22.8 Å². The SMILES string of the molecule is CC(=O)c1ccc(CC(=O)[C@H](Cc2cc(S(C)(=O)=O)n(C)n2)NC(=O)/C=C/c2cc(Cl)ccc2-n2cnnn2)cc1. The molecule has 0 aliphatic heterocycles. The van der Waals surface area contributed by atoms with Gasteiger partial charge in [-0.2, -0.15) is 9.78 Å². The van der Waals surface area contributed by atoms with Gasteiger partial charge in [0.15, 0.2) is 26.4 Å². The number of nitrogens with zero attached hydrogens (tertiary/aromatic N) is 6. The van der Waals surface area contributed by atoms with Crippen LogP contribution in [0.2, 0.25) is 5.02 Å². The molecule has 2 heterocycles. The maximum Gasteiger partial charge on any atom is 0.244 e. The minimum absolute atomic E-state index is 0.0131. The van der Waals surface area contributed by atoms with Gasteiger partial charge >= 0.3 is 0 Å². The maximum atomic E-state index is 13.4. The second kappa shape index (κ2) is 12.4. The summed E-state index contributed by atoms with van der Waals surface area (Å²) in [6, 6.07) is 12.0. The third kappa shape index (κ3) is 7.58. The lowest BCUT2D eigenvalue weighted by molar-refractivity contribution is -0.125. The smallest absolute Gasteiger partial charge is 0.244 e. The first kappa shape index (κ1) is 29.5. The zero-order chi connectivity index (χ0) is 29.7. The summed E-state index contributed by atoms with van der Waals surface area (Å²) in [6.07, 6.45) is 5.16. The molecule has 0 aliphatic carbocycles. The van der Waals surface area contributed by atoms with Crippen LogP contribution in [0.3, 0.4) is 0 Å². The van der Waals surface area contributed by atoms with Crippen molar-refractivity contribution in [1.82, 2.24) is 35.3 Å². The monoisotopic (exact) mass is 595 g/mol. The van der Waals surface area contributed by atoms with E-state index in [0.29, 0.717) is 33.1 Å². The number of rotatable bonds is 11. The highest BCUT2D eigenvalue weighted by Crippen LogP contribution is 2.20. The molecule has 0 unspecified atom stereocenters. The van der Waals surface area contributed by atoms with E-state index in [1.807, 2.05) is 0 Å². The van der Waals surface area contributed by atoms with Gasteiger partial charge in [-0.15, -0.1) is 5.10 Å². The van der Waals surface area contributed by atoms with Crippen molar-refractivity contribution in [2.75, 3.05) is 6.26 Å². The van der Waals surface area contributed by atoms with Gasteiger partial charge in [-0.1, -0.05) is 35.9 Å². The Morgan fingerprint density at radius 1 is 1.10 bits per heavy atom. The summed E-state index contributed by atoms with van der Waals surface area (Å²) in [7, 11) is -2.07. The highest BCUT2D eigenvalue weighted by molar-refractivity contribution is 7.90. The number of aryl methyl sites for hydroxylation is 1. The first-order valence-corrected chi connectivity index (χ1v) is 14.5. The molecule has 2 aromatic carbocycles. The van der Waals surface area contributed by atoms with Crippen LogP contribution in [0.15, 0.2) is 66.0 Å². The van der Waals surface area contributed by atoms with E-state index in [0.717, 1.165) is 6.26 Å². The second-order valence-electron chi connectivity index (χ2n) is 9.32. The molecule has 0 saturated carbocycles. The van der Waals surface area contributed by atoms with Gasteiger partial charge in [0, 0.05) is 48.4 Å². The summed E-state index contributed by atoms with van der Waals surface area (Å²) < 4.78 is 26.8. The number of hydrogen-bond acceptors (Lipinski definition) is 9. The number of carbonyl (C=O) groups is 3. The molecule has 0 saturated heterocycles. The predicted molar refractivity (Wildman–Crippen MR) is 150 cm³/mol. The Balaban J connectivity index is 1.58. The van der Waals surface area contributed by atoms with Crippen molar-refractivity contribution in [3.63, 3.8) is 0 Å². The molecule has 212 valence electrons. The number of aromatic nitrogens is 6. The number of nitrogens with one attached hydrogen (secondary N) is 1. The molecule has 1 amide bonds. The number of Topliss-reactive ketones (excluding diaryl/α,β-unsaturated/α-hetero) is 2. The van der Waals surface area contributed by atoms with E-state index in [9.17, 15) is 22.8 Å². The zero-order valence-corrected chi connectivity index (χ0v) is 23.9. The second-order valence-corrected chi connectivity index (χ2v) is 11.7. The number of benzene rings is 2. The average Bonchev–Trinajstić information content (AvgIpc) is 3.57. The van der Waals surface area contributed by atoms with E-state index in [1.54, 1.807) is 42.5 Å². The number of ketones is 2. The molecule has 14 heteroatoms. The van der Waals surface area contributed by atoms with Gasteiger partial charge in [0.2, 0.25) is 5.91 Å². The molecule has 1 N–H and O–H groups in total. The fourth-order valence-electron chi connectivity index (χ4n) is 4.11. The van der Waals surface area contributed by atoms with Crippen LogP contribution in [0.25, 0.3) is 11.8 Å². The molecule has 12 nitrogen and oxygen atoms in total. The lowest BCUT2D eigenvalue weighted by Crippen LogP contribution is -2.42. The molecule has 0 aliphatic rings. The summed E-state index contributed by atoms with van der Waals surface area (Å²) in [5.41, 5.74) is 2.61. The van der Waals surface area contributed by atoms with Gasteiger partial charge < -0.3 is 5.32 Å². The molecule has 4 aromatic rings. The largest absolute Gasteiger partial charge is 0.342 e. The summed E-state index contributed by atoms with van der Waals surface area (Å²) in [5.74, 6) is -0.997. The van der Waals surface area contributed by atoms with Crippen LogP contribution in [0.4, 0.5) is 0 Å². The Labute approximate surface area is 240 Å². The van der Waals surface area contributed by atoms with Gasteiger partial charge in [0.05, 0.1) is 17.4 Å². The first-order valence-electron chi connectivity index (χ1n) is 12.3. The van der Waals surface area contributed by atoms with Crippen LogP contribution in [-0.4, -0.2) is 68.2 Å². The van der Waals surface area contributed by atoms with Crippen molar-refractivity contribution in [3.8, 4) is 5.69 Å². The fourth-order valence-corrected chi connectivity index (χ4v) is 5.17. The Hall–Kier alpha value is -4.49. The van der Waals surface area contributed by atoms with E-state index in [-0.39, 0.29) is 29.4 Å². The lowest BCUT2D eigenvalue weighted by atomic mass is 9.98. The minimum Gasteiger partial charge on any atom is -0.342 e. The van der Waals surface area contributed by atoms with E-state index in [1.165, 1.54) is 47.9 Å². The summed E-state index contributed by atoms with van der Waals surface area (Å²) >= 11 is 6.15.